The van der Waals surface area contributed by atoms with E-state index >= 15 is 0 Å². The van der Waals surface area contributed by atoms with E-state index in [-0.39, 0.29) is 6.23 Å². The van der Waals surface area contributed by atoms with E-state index in [0.717, 1.165) is 19.6 Å². The summed E-state index contributed by atoms with van der Waals surface area (Å²) < 4.78 is 10.6. The number of nitrogens with two attached hydrogens (primary N) is 1. The summed E-state index contributed by atoms with van der Waals surface area (Å²) in [6.45, 7) is 5.40. The minimum atomic E-state index is -0.695. The zero-order chi connectivity index (χ0) is 11.4. The zero-order valence-corrected chi connectivity index (χ0v) is 9.52. The second-order valence-electron chi connectivity index (χ2n) is 4.55. The molecule has 0 spiro atoms. The molecule has 2 aliphatic heterocycles. The SMILES string of the molecule is NCCN1CCOC(NCC2(O)COC2)C1. The van der Waals surface area contributed by atoms with Gasteiger partial charge in [-0.2, -0.15) is 0 Å². The fourth-order valence-electron chi connectivity index (χ4n) is 1.96. The summed E-state index contributed by atoms with van der Waals surface area (Å²) in [4.78, 5) is 2.27. The molecule has 2 rings (SSSR count). The molecule has 4 N–H and O–H groups in total. The van der Waals surface area contributed by atoms with Crippen LogP contribution in [0.5, 0.6) is 0 Å². The van der Waals surface area contributed by atoms with Gasteiger partial charge in [0, 0.05) is 32.7 Å². The highest BCUT2D eigenvalue weighted by Gasteiger charge is 2.36. The number of nitrogens with zero attached hydrogens (tertiary/aromatic N) is 1. The smallest absolute Gasteiger partial charge is 0.124 e. The van der Waals surface area contributed by atoms with Gasteiger partial charge in [0.05, 0.1) is 19.8 Å². The van der Waals surface area contributed by atoms with Crippen molar-refractivity contribution in [1.29, 1.82) is 0 Å². The van der Waals surface area contributed by atoms with Crippen LogP contribution in [0.2, 0.25) is 0 Å². The molecule has 2 aliphatic rings. The van der Waals surface area contributed by atoms with Gasteiger partial charge < -0.3 is 20.3 Å². The molecule has 6 nitrogen and oxygen atoms in total. The molecule has 1 unspecified atom stereocenters. The first-order valence-electron chi connectivity index (χ1n) is 5.79. The van der Waals surface area contributed by atoms with E-state index in [0.29, 0.717) is 32.9 Å². The standard InChI is InChI=1S/C10H21N3O3/c11-1-2-13-3-4-16-9(5-13)12-6-10(14)7-15-8-10/h9,12,14H,1-8,11H2. The second kappa shape index (κ2) is 5.39. The van der Waals surface area contributed by atoms with Crippen LogP contribution in [0.15, 0.2) is 0 Å². The molecule has 0 bridgehead atoms. The summed E-state index contributed by atoms with van der Waals surface area (Å²) in [5.74, 6) is 0. The van der Waals surface area contributed by atoms with E-state index in [4.69, 9.17) is 15.2 Å². The number of nitrogens with one attached hydrogen (secondary N) is 1. The molecule has 6 heteroatoms. The van der Waals surface area contributed by atoms with Crippen LogP contribution in [0.3, 0.4) is 0 Å². The lowest BCUT2D eigenvalue weighted by Gasteiger charge is -2.39. The third-order valence-electron chi connectivity index (χ3n) is 3.00. The molecule has 0 amide bonds. The summed E-state index contributed by atoms with van der Waals surface area (Å²) in [6, 6.07) is 0. The third-order valence-corrected chi connectivity index (χ3v) is 3.00. The number of aliphatic hydroxyl groups is 1. The van der Waals surface area contributed by atoms with Gasteiger partial charge in [0.15, 0.2) is 0 Å². The lowest BCUT2D eigenvalue weighted by Crippen LogP contribution is -2.60. The van der Waals surface area contributed by atoms with Crippen LogP contribution in [0.1, 0.15) is 0 Å². The average molecular weight is 231 g/mol. The molecule has 2 fully saturated rings. The van der Waals surface area contributed by atoms with Gasteiger partial charge in [-0.25, -0.2) is 0 Å². The van der Waals surface area contributed by atoms with Gasteiger partial charge >= 0.3 is 0 Å². The van der Waals surface area contributed by atoms with E-state index in [1.165, 1.54) is 0 Å². The summed E-state index contributed by atoms with van der Waals surface area (Å²) in [5.41, 5.74) is 4.82. The molecule has 0 radical (unpaired) electrons. The monoisotopic (exact) mass is 231 g/mol. The Bertz CT molecular complexity index is 221. The number of rotatable bonds is 5. The van der Waals surface area contributed by atoms with Crippen molar-refractivity contribution in [1.82, 2.24) is 10.2 Å². The first-order chi connectivity index (χ1) is 7.72. The molecule has 16 heavy (non-hydrogen) atoms. The number of ether oxygens (including phenoxy) is 2. The van der Waals surface area contributed by atoms with Crippen LogP contribution >= 0.6 is 0 Å². The summed E-state index contributed by atoms with van der Waals surface area (Å²) in [6.07, 6.45) is -0.00933. The van der Waals surface area contributed by atoms with Gasteiger partial charge in [-0.3, -0.25) is 10.2 Å². The molecular weight excluding hydrogens is 210 g/mol. The van der Waals surface area contributed by atoms with Gasteiger partial charge in [0.2, 0.25) is 0 Å². The van der Waals surface area contributed by atoms with Crippen LogP contribution in [-0.4, -0.2) is 74.4 Å². The summed E-state index contributed by atoms with van der Waals surface area (Å²) >= 11 is 0. The molecule has 2 saturated heterocycles. The van der Waals surface area contributed by atoms with Crippen LogP contribution in [-0.2, 0) is 9.47 Å². The Morgan fingerprint density at radius 1 is 1.50 bits per heavy atom. The molecule has 0 saturated carbocycles. The fraction of sp³-hybridized carbons (Fsp3) is 1.00. The molecule has 0 aliphatic carbocycles. The Kier molecular flexibility index (Phi) is 4.12. The van der Waals surface area contributed by atoms with E-state index in [1.807, 2.05) is 0 Å². The van der Waals surface area contributed by atoms with Crippen LogP contribution in [0.25, 0.3) is 0 Å². The Morgan fingerprint density at radius 2 is 2.31 bits per heavy atom. The van der Waals surface area contributed by atoms with Crippen LogP contribution < -0.4 is 11.1 Å². The normalized spacial score (nSPS) is 30.0. The first-order valence-corrected chi connectivity index (χ1v) is 5.79. The molecule has 2 heterocycles. The van der Waals surface area contributed by atoms with Crippen molar-refractivity contribution in [3.05, 3.63) is 0 Å². The Labute approximate surface area is 95.7 Å². The van der Waals surface area contributed by atoms with E-state index < -0.39 is 5.60 Å². The highest BCUT2D eigenvalue weighted by Crippen LogP contribution is 2.15. The van der Waals surface area contributed by atoms with Crippen molar-refractivity contribution >= 4 is 0 Å². The topological polar surface area (TPSA) is 80.0 Å². The molecule has 0 aromatic carbocycles. The Morgan fingerprint density at radius 3 is 2.94 bits per heavy atom. The van der Waals surface area contributed by atoms with Crippen molar-refractivity contribution in [2.24, 2.45) is 5.73 Å². The highest BCUT2D eigenvalue weighted by atomic mass is 16.5. The minimum Gasteiger partial charge on any atom is -0.384 e. The number of hydrogen-bond acceptors (Lipinski definition) is 6. The van der Waals surface area contributed by atoms with E-state index in [9.17, 15) is 5.11 Å². The van der Waals surface area contributed by atoms with Gasteiger partial charge in [-0.1, -0.05) is 0 Å². The van der Waals surface area contributed by atoms with Crippen molar-refractivity contribution in [2.75, 3.05) is 52.5 Å². The van der Waals surface area contributed by atoms with Crippen molar-refractivity contribution in [3.8, 4) is 0 Å². The maximum atomic E-state index is 9.83. The quantitative estimate of drug-likeness (QED) is 0.505. The van der Waals surface area contributed by atoms with Crippen LogP contribution in [0.4, 0.5) is 0 Å². The molecular formula is C10H21N3O3. The van der Waals surface area contributed by atoms with Crippen LogP contribution in [0, 0.1) is 0 Å². The van der Waals surface area contributed by atoms with Gasteiger partial charge in [0.1, 0.15) is 11.8 Å². The minimum absolute atomic E-state index is 0.00933. The second-order valence-corrected chi connectivity index (χ2v) is 4.55. The lowest BCUT2D eigenvalue weighted by molar-refractivity contribution is -0.180. The maximum absolute atomic E-state index is 9.83. The summed E-state index contributed by atoms with van der Waals surface area (Å²) in [7, 11) is 0. The maximum Gasteiger partial charge on any atom is 0.124 e. The molecule has 94 valence electrons. The average Bonchev–Trinajstić information content (AvgIpc) is 2.25. The molecule has 1 atom stereocenters. The van der Waals surface area contributed by atoms with Crippen molar-refractivity contribution in [2.45, 2.75) is 11.8 Å². The fourth-order valence-corrected chi connectivity index (χ4v) is 1.96. The largest absolute Gasteiger partial charge is 0.384 e. The summed E-state index contributed by atoms with van der Waals surface area (Å²) in [5, 5.41) is 13.1. The Hall–Kier alpha value is -0.240. The lowest BCUT2D eigenvalue weighted by atomic mass is 10.0. The number of hydrogen-bond donors (Lipinski definition) is 3. The third kappa shape index (κ3) is 3.13. The van der Waals surface area contributed by atoms with Crippen molar-refractivity contribution < 1.29 is 14.6 Å². The predicted molar refractivity (Wildman–Crippen MR) is 59.0 cm³/mol. The first kappa shape index (κ1) is 12.2. The van der Waals surface area contributed by atoms with Gasteiger partial charge in [-0.05, 0) is 0 Å². The van der Waals surface area contributed by atoms with Gasteiger partial charge in [0.25, 0.3) is 0 Å². The number of morpholine rings is 1. The van der Waals surface area contributed by atoms with Crippen molar-refractivity contribution in [3.63, 3.8) is 0 Å². The van der Waals surface area contributed by atoms with E-state index in [1.54, 1.807) is 0 Å². The molecule has 0 aromatic heterocycles. The Balaban J connectivity index is 1.68. The molecule has 0 aromatic rings. The van der Waals surface area contributed by atoms with Gasteiger partial charge in [-0.15, -0.1) is 0 Å². The highest BCUT2D eigenvalue weighted by molar-refractivity contribution is 4.88. The zero-order valence-electron chi connectivity index (χ0n) is 9.52. The van der Waals surface area contributed by atoms with E-state index in [2.05, 4.69) is 10.2 Å². The predicted octanol–water partition coefficient (Wildman–Crippen LogP) is -2.05.